The molecule has 0 spiro atoms. The van der Waals surface area contributed by atoms with E-state index in [0.29, 0.717) is 5.37 Å². The first-order valence-corrected chi connectivity index (χ1v) is 6.08. The van der Waals surface area contributed by atoms with E-state index < -0.39 is 0 Å². The van der Waals surface area contributed by atoms with Gasteiger partial charge in [-0.15, -0.1) is 11.8 Å². The molecule has 0 saturated heterocycles. The molecule has 0 amide bonds. The molecule has 0 saturated carbocycles. The summed E-state index contributed by atoms with van der Waals surface area (Å²) in [4.78, 5) is 4.66. The van der Waals surface area contributed by atoms with E-state index in [9.17, 15) is 0 Å². The molecular formula is C10H19NS. The van der Waals surface area contributed by atoms with E-state index >= 15 is 0 Å². The summed E-state index contributed by atoms with van der Waals surface area (Å²) in [5, 5.41) is 0.603. The van der Waals surface area contributed by atoms with Crippen molar-refractivity contribution in [2.45, 2.75) is 51.3 Å². The summed E-state index contributed by atoms with van der Waals surface area (Å²) in [7, 11) is 0. The molecule has 1 rings (SSSR count). The Morgan fingerprint density at radius 1 is 1.42 bits per heavy atom. The first-order chi connectivity index (χ1) is 5.86. The van der Waals surface area contributed by atoms with Crippen LogP contribution in [0.25, 0.3) is 0 Å². The van der Waals surface area contributed by atoms with E-state index in [1.54, 1.807) is 0 Å². The Hall–Kier alpha value is 0.0200. The topological polar surface area (TPSA) is 12.4 Å². The van der Waals surface area contributed by atoms with Crippen LogP contribution in [0.1, 0.15) is 46.0 Å². The lowest BCUT2D eigenvalue weighted by molar-refractivity contribution is 0.658. The highest BCUT2D eigenvalue weighted by Crippen LogP contribution is 2.25. The molecule has 2 heteroatoms. The Kier molecular flexibility index (Phi) is 4.74. The van der Waals surface area contributed by atoms with Crippen LogP contribution in [-0.2, 0) is 0 Å². The maximum Gasteiger partial charge on any atom is 0.0954 e. The van der Waals surface area contributed by atoms with Gasteiger partial charge in [-0.05, 0) is 12.8 Å². The first-order valence-electron chi connectivity index (χ1n) is 5.04. The molecule has 1 atom stereocenters. The van der Waals surface area contributed by atoms with Crippen LogP contribution in [0.2, 0.25) is 0 Å². The van der Waals surface area contributed by atoms with E-state index in [4.69, 9.17) is 0 Å². The van der Waals surface area contributed by atoms with Crippen molar-refractivity contribution in [3.8, 4) is 0 Å². The number of thioether (sulfide) groups is 1. The second-order valence-corrected chi connectivity index (χ2v) is 4.48. The lowest BCUT2D eigenvalue weighted by Gasteiger charge is -2.03. The highest BCUT2D eigenvalue weighted by molar-refractivity contribution is 8.00. The number of hydrogen-bond donors (Lipinski definition) is 0. The summed E-state index contributed by atoms with van der Waals surface area (Å²) in [6, 6.07) is 0. The van der Waals surface area contributed by atoms with Crippen LogP contribution in [0.5, 0.6) is 0 Å². The van der Waals surface area contributed by atoms with E-state index in [1.165, 1.54) is 37.1 Å². The lowest BCUT2D eigenvalue weighted by atomic mass is 10.2. The van der Waals surface area contributed by atoms with Crippen molar-refractivity contribution in [1.82, 2.24) is 0 Å². The summed E-state index contributed by atoms with van der Waals surface area (Å²) in [5.74, 6) is 1.19. The fourth-order valence-corrected chi connectivity index (χ4v) is 2.60. The zero-order valence-corrected chi connectivity index (χ0v) is 8.99. The van der Waals surface area contributed by atoms with Gasteiger partial charge in [0.2, 0.25) is 0 Å². The molecule has 0 bridgehead atoms. The van der Waals surface area contributed by atoms with Gasteiger partial charge in [-0.25, -0.2) is 0 Å². The van der Waals surface area contributed by atoms with Crippen molar-refractivity contribution in [2.75, 3.05) is 5.75 Å². The fraction of sp³-hybridized carbons (Fsp3) is 0.900. The van der Waals surface area contributed by atoms with Crippen molar-refractivity contribution in [1.29, 1.82) is 0 Å². The molecule has 1 aliphatic rings. The van der Waals surface area contributed by atoms with Crippen molar-refractivity contribution in [2.24, 2.45) is 4.99 Å². The minimum absolute atomic E-state index is 0.603. The third-order valence-electron chi connectivity index (χ3n) is 2.23. The summed E-state index contributed by atoms with van der Waals surface area (Å²) < 4.78 is 0. The maximum atomic E-state index is 4.66. The number of aliphatic imine (C=N–C) groups is 1. The standard InChI is InChI=1S/C10H19NS/c1-3-5-6-7-10-11-9(4-2)8-12-10/h10H,3-8H2,1-2H3. The molecule has 1 heterocycles. The Bertz CT molecular complexity index is 154. The molecule has 0 fully saturated rings. The average molecular weight is 185 g/mol. The maximum absolute atomic E-state index is 4.66. The fourth-order valence-electron chi connectivity index (χ4n) is 1.38. The Labute approximate surface area is 80.0 Å². The quantitative estimate of drug-likeness (QED) is 0.597. The molecule has 12 heavy (non-hydrogen) atoms. The molecule has 70 valence electrons. The smallest absolute Gasteiger partial charge is 0.0954 e. The van der Waals surface area contributed by atoms with Gasteiger partial charge in [0.1, 0.15) is 0 Å². The van der Waals surface area contributed by atoms with Crippen molar-refractivity contribution in [3.05, 3.63) is 0 Å². The third-order valence-corrected chi connectivity index (χ3v) is 3.46. The molecule has 0 radical (unpaired) electrons. The second kappa shape index (κ2) is 5.63. The van der Waals surface area contributed by atoms with Gasteiger partial charge in [0.15, 0.2) is 0 Å². The number of unbranched alkanes of at least 4 members (excludes halogenated alkanes) is 2. The van der Waals surface area contributed by atoms with Crippen LogP contribution in [0.15, 0.2) is 4.99 Å². The largest absolute Gasteiger partial charge is 0.279 e. The highest BCUT2D eigenvalue weighted by atomic mass is 32.2. The third kappa shape index (κ3) is 3.18. The van der Waals surface area contributed by atoms with Gasteiger partial charge in [0.25, 0.3) is 0 Å². The van der Waals surface area contributed by atoms with Gasteiger partial charge in [-0.3, -0.25) is 4.99 Å². The van der Waals surface area contributed by atoms with Gasteiger partial charge in [-0.1, -0.05) is 33.1 Å². The zero-order chi connectivity index (χ0) is 8.81. The summed E-state index contributed by atoms with van der Waals surface area (Å²) in [5.41, 5.74) is 1.42. The first kappa shape index (κ1) is 10.1. The molecule has 0 aromatic carbocycles. The van der Waals surface area contributed by atoms with Gasteiger partial charge >= 0.3 is 0 Å². The Morgan fingerprint density at radius 2 is 2.25 bits per heavy atom. The zero-order valence-electron chi connectivity index (χ0n) is 8.18. The van der Waals surface area contributed by atoms with Crippen LogP contribution in [0, 0.1) is 0 Å². The van der Waals surface area contributed by atoms with Crippen molar-refractivity contribution >= 4 is 17.5 Å². The molecule has 1 nitrogen and oxygen atoms in total. The summed E-state index contributed by atoms with van der Waals surface area (Å²) in [6.07, 6.45) is 6.49. The van der Waals surface area contributed by atoms with Crippen LogP contribution >= 0.6 is 11.8 Å². The van der Waals surface area contributed by atoms with Crippen LogP contribution in [0.3, 0.4) is 0 Å². The molecule has 1 aliphatic heterocycles. The SMILES string of the molecule is CCCCCC1N=C(CC)CS1. The van der Waals surface area contributed by atoms with Crippen molar-refractivity contribution < 1.29 is 0 Å². The van der Waals surface area contributed by atoms with Gasteiger partial charge in [-0.2, -0.15) is 0 Å². The molecular weight excluding hydrogens is 166 g/mol. The molecule has 1 unspecified atom stereocenters. The lowest BCUT2D eigenvalue weighted by Crippen LogP contribution is -1.94. The second-order valence-electron chi connectivity index (χ2n) is 3.31. The van der Waals surface area contributed by atoms with Crippen LogP contribution in [-0.4, -0.2) is 16.8 Å². The molecule has 0 aromatic rings. The van der Waals surface area contributed by atoms with E-state index in [0.717, 1.165) is 6.42 Å². The Balaban J connectivity index is 2.14. The predicted octanol–water partition coefficient (Wildman–Crippen LogP) is 3.49. The van der Waals surface area contributed by atoms with E-state index in [2.05, 4.69) is 18.8 Å². The Morgan fingerprint density at radius 3 is 2.83 bits per heavy atom. The van der Waals surface area contributed by atoms with Gasteiger partial charge in [0, 0.05) is 11.5 Å². The number of nitrogens with zero attached hydrogens (tertiary/aromatic N) is 1. The summed E-state index contributed by atoms with van der Waals surface area (Å²) in [6.45, 7) is 4.45. The number of rotatable bonds is 5. The minimum Gasteiger partial charge on any atom is -0.279 e. The summed E-state index contributed by atoms with van der Waals surface area (Å²) >= 11 is 2.02. The molecule has 0 aliphatic carbocycles. The van der Waals surface area contributed by atoms with Crippen molar-refractivity contribution in [3.63, 3.8) is 0 Å². The minimum atomic E-state index is 0.603. The van der Waals surface area contributed by atoms with Gasteiger partial charge in [0.05, 0.1) is 5.37 Å². The average Bonchev–Trinajstić information content (AvgIpc) is 2.53. The van der Waals surface area contributed by atoms with Gasteiger partial charge < -0.3 is 0 Å². The molecule has 0 N–H and O–H groups in total. The highest BCUT2D eigenvalue weighted by Gasteiger charge is 2.15. The number of hydrogen-bond acceptors (Lipinski definition) is 2. The van der Waals surface area contributed by atoms with E-state index in [-0.39, 0.29) is 0 Å². The predicted molar refractivity (Wildman–Crippen MR) is 58.1 cm³/mol. The normalized spacial score (nSPS) is 22.8. The monoisotopic (exact) mass is 185 g/mol. The molecule has 0 aromatic heterocycles. The van der Waals surface area contributed by atoms with E-state index in [1.807, 2.05) is 11.8 Å². The van der Waals surface area contributed by atoms with Crippen LogP contribution in [0.4, 0.5) is 0 Å². The van der Waals surface area contributed by atoms with Crippen LogP contribution < -0.4 is 0 Å².